The highest BCUT2D eigenvalue weighted by Gasteiger charge is 2.16. The molecule has 3 rings (SSSR count). The molecule has 26 heavy (non-hydrogen) atoms. The average molecular weight is 436 g/mol. The molecular formula is C18H12BrClN2O4. The molecule has 0 atom stereocenters. The summed E-state index contributed by atoms with van der Waals surface area (Å²) in [5, 5.41) is 13.7. The number of non-ortho nitro benzene ring substituents is 1. The van der Waals surface area contributed by atoms with Crippen LogP contribution in [0.5, 0.6) is 0 Å². The normalized spacial score (nSPS) is 10.6. The van der Waals surface area contributed by atoms with Crippen LogP contribution in [0.4, 0.5) is 11.4 Å². The minimum atomic E-state index is -0.531. The van der Waals surface area contributed by atoms with Gasteiger partial charge in [0.15, 0.2) is 5.76 Å². The van der Waals surface area contributed by atoms with Crippen molar-refractivity contribution in [1.29, 1.82) is 0 Å². The van der Waals surface area contributed by atoms with Crippen molar-refractivity contribution in [1.82, 2.24) is 0 Å². The van der Waals surface area contributed by atoms with Gasteiger partial charge in [0, 0.05) is 27.9 Å². The summed E-state index contributed by atoms with van der Waals surface area (Å²) < 4.78 is 6.51. The molecule has 0 saturated heterocycles. The van der Waals surface area contributed by atoms with Crippen molar-refractivity contribution in [2.24, 2.45) is 0 Å². The van der Waals surface area contributed by atoms with Crippen LogP contribution in [0.25, 0.3) is 11.3 Å². The number of benzene rings is 2. The summed E-state index contributed by atoms with van der Waals surface area (Å²) in [6.45, 7) is 1.92. The Kier molecular flexibility index (Phi) is 5.11. The Balaban J connectivity index is 1.82. The van der Waals surface area contributed by atoms with E-state index < -0.39 is 10.8 Å². The molecule has 0 aliphatic rings. The third-order valence-electron chi connectivity index (χ3n) is 3.67. The maximum atomic E-state index is 12.3. The molecule has 0 unspecified atom stereocenters. The monoisotopic (exact) mass is 434 g/mol. The number of carbonyl (C=O) groups excluding carboxylic acids is 1. The fourth-order valence-corrected chi connectivity index (χ4v) is 2.85. The summed E-state index contributed by atoms with van der Waals surface area (Å²) >= 11 is 9.49. The predicted octanol–water partition coefficient (Wildman–Crippen LogP) is 5.83. The summed E-state index contributed by atoms with van der Waals surface area (Å²) in [5.74, 6) is 0.0491. The summed E-state index contributed by atoms with van der Waals surface area (Å²) in [7, 11) is 0. The van der Waals surface area contributed by atoms with Crippen molar-refractivity contribution in [3.8, 4) is 11.3 Å². The number of nitrogens with zero attached hydrogens (tertiary/aromatic N) is 1. The number of hydrogen-bond donors (Lipinski definition) is 1. The summed E-state index contributed by atoms with van der Waals surface area (Å²) in [5.41, 5.74) is 1.98. The standard InChI is InChI=1S/C18H12BrClN2O4/c1-10-8-11(2-5-14(10)19)21-18(23)17-7-6-16(26-17)13-4-3-12(22(24)25)9-15(13)20/h2-9H,1H3,(H,21,23). The molecule has 132 valence electrons. The zero-order valence-electron chi connectivity index (χ0n) is 13.5. The highest BCUT2D eigenvalue weighted by Crippen LogP contribution is 2.32. The Labute approximate surface area is 162 Å². The van der Waals surface area contributed by atoms with E-state index in [1.54, 1.807) is 12.1 Å². The molecule has 0 aliphatic carbocycles. The number of carbonyl (C=O) groups is 1. The second-order valence-electron chi connectivity index (χ2n) is 5.50. The number of hydrogen-bond acceptors (Lipinski definition) is 4. The van der Waals surface area contributed by atoms with Crippen molar-refractivity contribution < 1.29 is 14.1 Å². The van der Waals surface area contributed by atoms with Gasteiger partial charge in [-0.25, -0.2) is 0 Å². The van der Waals surface area contributed by atoms with Gasteiger partial charge in [-0.15, -0.1) is 0 Å². The fourth-order valence-electron chi connectivity index (χ4n) is 2.34. The van der Waals surface area contributed by atoms with Crippen molar-refractivity contribution in [3.05, 3.63) is 79.5 Å². The number of furan rings is 1. The lowest BCUT2D eigenvalue weighted by atomic mass is 10.1. The molecule has 0 fully saturated rings. The van der Waals surface area contributed by atoms with Crippen molar-refractivity contribution in [2.45, 2.75) is 6.92 Å². The van der Waals surface area contributed by atoms with Gasteiger partial charge < -0.3 is 9.73 Å². The van der Waals surface area contributed by atoms with Crippen LogP contribution in [0.2, 0.25) is 5.02 Å². The number of nitro benzene ring substituents is 1. The lowest BCUT2D eigenvalue weighted by Crippen LogP contribution is -2.10. The van der Waals surface area contributed by atoms with Gasteiger partial charge in [0.25, 0.3) is 11.6 Å². The van der Waals surface area contributed by atoms with Crippen LogP contribution in [0, 0.1) is 17.0 Å². The largest absolute Gasteiger partial charge is 0.451 e. The van der Waals surface area contributed by atoms with Gasteiger partial charge in [-0.3, -0.25) is 14.9 Å². The number of nitrogens with one attached hydrogen (secondary N) is 1. The first kappa shape index (κ1) is 18.2. The fraction of sp³-hybridized carbons (Fsp3) is 0.0556. The minimum Gasteiger partial charge on any atom is -0.451 e. The van der Waals surface area contributed by atoms with E-state index in [9.17, 15) is 14.9 Å². The van der Waals surface area contributed by atoms with Crippen LogP contribution in [0.1, 0.15) is 16.1 Å². The number of nitro groups is 1. The zero-order valence-corrected chi connectivity index (χ0v) is 15.8. The van der Waals surface area contributed by atoms with E-state index in [0.29, 0.717) is 17.0 Å². The Bertz CT molecular complexity index is 1020. The highest BCUT2D eigenvalue weighted by atomic mass is 79.9. The summed E-state index contributed by atoms with van der Waals surface area (Å²) in [6.07, 6.45) is 0. The van der Waals surface area contributed by atoms with Crippen molar-refractivity contribution >= 4 is 44.8 Å². The molecule has 0 spiro atoms. The topological polar surface area (TPSA) is 85.4 Å². The molecule has 3 aromatic rings. The van der Waals surface area contributed by atoms with E-state index >= 15 is 0 Å². The van der Waals surface area contributed by atoms with Crippen LogP contribution in [0.15, 0.2) is 57.4 Å². The number of aryl methyl sites for hydroxylation is 1. The van der Waals surface area contributed by atoms with Gasteiger partial charge in [0.05, 0.1) is 9.95 Å². The van der Waals surface area contributed by atoms with E-state index in [2.05, 4.69) is 21.2 Å². The number of anilines is 1. The van der Waals surface area contributed by atoms with E-state index in [0.717, 1.165) is 10.0 Å². The van der Waals surface area contributed by atoms with Gasteiger partial charge in [0.2, 0.25) is 0 Å². The molecule has 8 heteroatoms. The molecule has 1 heterocycles. The third-order valence-corrected chi connectivity index (χ3v) is 4.88. The molecule has 0 aliphatic heterocycles. The lowest BCUT2D eigenvalue weighted by molar-refractivity contribution is -0.384. The van der Waals surface area contributed by atoms with E-state index in [4.69, 9.17) is 16.0 Å². The number of rotatable bonds is 4. The second-order valence-corrected chi connectivity index (χ2v) is 6.76. The van der Waals surface area contributed by atoms with Crippen LogP contribution in [0.3, 0.4) is 0 Å². The molecule has 0 saturated carbocycles. The molecular weight excluding hydrogens is 424 g/mol. The Morgan fingerprint density at radius 1 is 1.19 bits per heavy atom. The maximum absolute atomic E-state index is 12.3. The zero-order chi connectivity index (χ0) is 18.8. The third kappa shape index (κ3) is 3.79. The quantitative estimate of drug-likeness (QED) is 0.412. The Hall–Kier alpha value is -2.64. The average Bonchev–Trinajstić information content (AvgIpc) is 3.08. The molecule has 0 radical (unpaired) electrons. The molecule has 0 bridgehead atoms. The van der Waals surface area contributed by atoms with Gasteiger partial charge in [-0.2, -0.15) is 0 Å². The SMILES string of the molecule is Cc1cc(NC(=O)c2ccc(-c3ccc([N+](=O)[O-])cc3Cl)o2)ccc1Br. The molecule has 1 N–H and O–H groups in total. The van der Waals surface area contributed by atoms with Crippen LogP contribution in [-0.2, 0) is 0 Å². The van der Waals surface area contributed by atoms with Crippen LogP contribution >= 0.6 is 27.5 Å². The Morgan fingerprint density at radius 2 is 1.96 bits per heavy atom. The van der Waals surface area contributed by atoms with Gasteiger partial charge in [-0.1, -0.05) is 27.5 Å². The first-order valence-electron chi connectivity index (χ1n) is 7.47. The first-order valence-corrected chi connectivity index (χ1v) is 8.64. The Morgan fingerprint density at radius 3 is 2.62 bits per heavy atom. The second kappa shape index (κ2) is 7.31. The highest BCUT2D eigenvalue weighted by molar-refractivity contribution is 9.10. The maximum Gasteiger partial charge on any atom is 0.291 e. The van der Waals surface area contributed by atoms with Crippen molar-refractivity contribution in [2.75, 3.05) is 5.32 Å². The van der Waals surface area contributed by atoms with E-state index in [1.807, 2.05) is 19.1 Å². The van der Waals surface area contributed by atoms with Crippen LogP contribution < -0.4 is 5.32 Å². The summed E-state index contributed by atoms with van der Waals surface area (Å²) in [6, 6.07) is 12.6. The smallest absolute Gasteiger partial charge is 0.291 e. The minimum absolute atomic E-state index is 0.106. The molecule has 6 nitrogen and oxygen atoms in total. The molecule has 2 aromatic carbocycles. The van der Waals surface area contributed by atoms with Crippen molar-refractivity contribution in [3.63, 3.8) is 0 Å². The van der Waals surface area contributed by atoms with E-state index in [-0.39, 0.29) is 16.5 Å². The first-order chi connectivity index (χ1) is 12.3. The van der Waals surface area contributed by atoms with Crippen LogP contribution in [-0.4, -0.2) is 10.8 Å². The predicted molar refractivity (Wildman–Crippen MR) is 103 cm³/mol. The van der Waals surface area contributed by atoms with Gasteiger partial charge >= 0.3 is 0 Å². The van der Waals surface area contributed by atoms with Gasteiger partial charge in [0.1, 0.15) is 5.76 Å². The lowest BCUT2D eigenvalue weighted by Gasteiger charge is -2.05. The van der Waals surface area contributed by atoms with Gasteiger partial charge in [-0.05, 0) is 48.9 Å². The molecule has 1 aromatic heterocycles. The number of halogens is 2. The summed E-state index contributed by atoms with van der Waals surface area (Å²) in [4.78, 5) is 22.6. The molecule has 1 amide bonds. The van der Waals surface area contributed by atoms with E-state index in [1.165, 1.54) is 24.3 Å². The number of amides is 1.